The molecule has 0 saturated carbocycles. The van der Waals surface area contributed by atoms with Gasteiger partial charge in [0.2, 0.25) is 0 Å². The summed E-state index contributed by atoms with van der Waals surface area (Å²) in [7, 11) is -7.54. The van der Waals surface area contributed by atoms with Crippen LogP contribution in [0.3, 0.4) is 0 Å². The Morgan fingerprint density at radius 3 is 1.33 bits per heavy atom. The number of rotatable bonds is 6. The minimum absolute atomic E-state index is 0.555. The van der Waals surface area contributed by atoms with Gasteiger partial charge in [-0.2, -0.15) is 21.6 Å². The monoisotopic (exact) mass is 530 g/mol. The number of benzene rings is 4. The standard InChI is InChI=1S/C28H25F3O3S2/c1-20-7-13-24(14-8-20)35(25-15-9-21(2)10-16-25,26-17-11-22(3)12-18-26)34-36(32,33)27-6-4-5-23(19-27)28(29,30)31/h4-19H,1-3H3. The summed E-state index contributed by atoms with van der Waals surface area (Å²) in [6.45, 7) is 5.75. The molecule has 0 bridgehead atoms. The number of alkyl halides is 3. The van der Waals surface area contributed by atoms with Gasteiger partial charge in [-0.3, -0.25) is 0 Å². The lowest BCUT2D eigenvalue weighted by molar-refractivity contribution is -0.137. The smallest absolute Gasteiger partial charge is 0.203 e. The van der Waals surface area contributed by atoms with E-state index in [0.29, 0.717) is 20.8 Å². The van der Waals surface area contributed by atoms with Crippen molar-refractivity contribution in [1.29, 1.82) is 0 Å². The third kappa shape index (κ3) is 5.21. The first-order chi connectivity index (χ1) is 16.9. The summed E-state index contributed by atoms with van der Waals surface area (Å²) in [5.41, 5.74) is 1.86. The molecule has 0 amide bonds. The molecule has 188 valence electrons. The lowest BCUT2D eigenvalue weighted by atomic mass is 10.2. The maximum Gasteiger partial charge on any atom is 0.416 e. The molecular formula is C28H25F3O3S2. The molecular weight excluding hydrogens is 505 g/mol. The third-order valence-corrected chi connectivity index (χ3v) is 10.9. The summed E-state index contributed by atoms with van der Waals surface area (Å²) in [5, 5.41) is 0. The van der Waals surface area contributed by atoms with Gasteiger partial charge in [-0.05, 0) is 85.7 Å². The molecule has 4 rings (SSSR count). The van der Waals surface area contributed by atoms with Crippen molar-refractivity contribution in [2.24, 2.45) is 0 Å². The Kier molecular flexibility index (Phi) is 7.05. The maximum atomic E-state index is 13.7. The van der Waals surface area contributed by atoms with Crippen LogP contribution in [0.2, 0.25) is 0 Å². The normalized spacial score (nSPS) is 12.9. The quantitative estimate of drug-likeness (QED) is 0.252. The SMILES string of the molecule is Cc1ccc(S(OS(=O)(=O)c2cccc(C(F)(F)F)c2)(c2ccc(C)cc2)c2ccc(C)cc2)cc1. The lowest BCUT2D eigenvalue weighted by Gasteiger charge is -2.39. The Morgan fingerprint density at radius 2 is 0.972 bits per heavy atom. The second-order valence-corrected chi connectivity index (χ2v) is 13.0. The maximum absolute atomic E-state index is 13.7. The Morgan fingerprint density at radius 1 is 0.583 bits per heavy atom. The van der Waals surface area contributed by atoms with E-state index in [1.807, 2.05) is 93.6 Å². The van der Waals surface area contributed by atoms with E-state index in [0.717, 1.165) is 34.9 Å². The van der Waals surface area contributed by atoms with E-state index in [1.165, 1.54) is 0 Å². The second-order valence-electron chi connectivity index (χ2n) is 8.54. The molecule has 36 heavy (non-hydrogen) atoms. The van der Waals surface area contributed by atoms with E-state index in [1.54, 1.807) is 0 Å². The zero-order valence-corrected chi connectivity index (χ0v) is 21.5. The average molecular weight is 531 g/mol. The molecule has 0 spiro atoms. The first kappa shape index (κ1) is 26.0. The molecule has 0 atom stereocenters. The summed E-state index contributed by atoms with van der Waals surface area (Å²) >= 11 is 0. The third-order valence-electron chi connectivity index (χ3n) is 5.70. The van der Waals surface area contributed by atoms with Gasteiger partial charge in [-0.25, -0.2) is 3.63 Å². The van der Waals surface area contributed by atoms with Crippen molar-refractivity contribution in [1.82, 2.24) is 0 Å². The van der Waals surface area contributed by atoms with Gasteiger partial charge in [0.15, 0.2) is 0 Å². The highest BCUT2D eigenvalue weighted by Crippen LogP contribution is 2.70. The van der Waals surface area contributed by atoms with Crippen molar-refractivity contribution in [3.8, 4) is 0 Å². The molecule has 8 heteroatoms. The molecule has 3 nitrogen and oxygen atoms in total. The zero-order valence-electron chi connectivity index (χ0n) is 19.9. The molecule has 0 saturated heterocycles. The van der Waals surface area contributed by atoms with E-state index in [2.05, 4.69) is 0 Å². The number of hydrogen-bond acceptors (Lipinski definition) is 3. The predicted octanol–water partition coefficient (Wildman–Crippen LogP) is 8.23. The fourth-order valence-corrected chi connectivity index (χ4v) is 8.94. The first-order valence-electron chi connectivity index (χ1n) is 11.1. The molecule has 4 aromatic rings. The molecule has 0 aliphatic heterocycles. The molecule has 0 heterocycles. The van der Waals surface area contributed by atoms with Crippen molar-refractivity contribution < 1.29 is 25.2 Å². The molecule has 0 unspecified atom stereocenters. The summed E-state index contributed by atoms with van der Waals surface area (Å²) < 4.78 is 73.6. The van der Waals surface area contributed by atoms with Crippen LogP contribution in [0.4, 0.5) is 13.2 Å². The largest absolute Gasteiger partial charge is 0.416 e. The molecule has 0 aliphatic rings. The average Bonchev–Trinajstić information content (AvgIpc) is 2.84. The van der Waals surface area contributed by atoms with E-state index in [4.69, 9.17) is 3.63 Å². The van der Waals surface area contributed by atoms with Crippen LogP contribution in [0.15, 0.2) is 117 Å². The van der Waals surface area contributed by atoms with Crippen LogP contribution < -0.4 is 0 Å². The van der Waals surface area contributed by atoms with E-state index < -0.39 is 37.1 Å². The second kappa shape index (κ2) is 9.76. The Balaban J connectivity index is 2.00. The van der Waals surface area contributed by atoms with Crippen molar-refractivity contribution in [3.63, 3.8) is 0 Å². The van der Waals surface area contributed by atoms with Gasteiger partial charge in [0.1, 0.15) is 0 Å². The van der Waals surface area contributed by atoms with Gasteiger partial charge in [0.05, 0.1) is 10.5 Å². The highest BCUT2D eigenvalue weighted by atomic mass is 32.3. The highest BCUT2D eigenvalue weighted by Gasteiger charge is 2.39. The summed E-state index contributed by atoms with van der Waals surface area (Å²) in [6.07, 6.45) is -4.69. The zero-order chi connectivity index (χ0) is 26.1. The van der Waals surface area contributed by atoms with Gasteiger partial charge in [0.25, 0.3) is 0 Å². The van der Waals surface area contributed by atoms with Gasteiger partial charge in [0, 0.05) is 14.7 Å². The summed E-state index contributed by atoms with van der Waals surface area (Å²) in [6, 6.07) is 25.7. The van der Waals surface area contributed by atoms with Gasteiger partial charge < -0.3 is 0 Å². The topological polar surface area (TPSA) is 43.4 Å². The fraction of sp³-hybridized carbons (Fsp3) is 0.143. The van der Waals surface area contributed by atoms with Crippen LogP contribution in [0, 0.1) is 20.8 Å². The first-order valence-corrected chi connectivity index (χ1v) is 14.1. The fourth-order valence-electron chi connectivity index (χ4n) is 3.72. The molecule has 0 fully saturated rings. The molecule has 4 aromatic carbocycles. The van der Waals surface area contributed by atoms with Crippen LogP contribution in [0.25, 0.3) is 0 Å². The summed E-state index contributed by atoms with van der Waals surface area (Å²) in [5.74, 6) is 0. The van der Waals surface area contributed by atoms with Crippen LogP contribution >= 0.6 is 10.3 Å². The van der Waals surface area contributed by atoms with E-state index in [9.17, 15) is 21.6 Å². The van der Waals surface area contributed by atoms with Crippen LogP contribution in [0.5, 0.6) is 0 Å². The highest BCUT2D eigenvalue weighted by molar-refractivity contribution is 8.33. The number of aryl methyl sites for hydroxylation is 3. The van der Waals surface area contributed by atoms with E-state index >= 15 is 0 Å². The minimum atomic E-state index is -4.69. The summed E-state index contributed by atoms with van der Waals surface area (Å²) in [4.78, 5) is 1.27. The van der Waals surface area contributed by atoms with Gasteiger partial charge >= 0.3 is 16.3 Å². The predicted molar refractivity (Wildman–Crippen MR) is 136 cm³/mol. The Labute approximate surface area is 211 Å². The molecule has 0 N–H and O–H groups in total. The Hall–Kier alpha value is -3.07. The van der Waals surface area contributed by atoms with Gasteiger partial charge in [-0.1, -0.05) is 59.2 Å². The van der Waals surface area contributed by atoms with Crippen molar-refractivity contribution >= 4 is 20.4 Å². The van der Waals surface area contributed by atoms with Crippen LogP contribution in [-0.4, -0.2) is 8.42 Å². The van der Waals surface area contributed by atoms with Crippen LogP contribution in [-0.2, 0) is 19.9 Å². The van der Waals surface area contributed by atoms with Crippen molar-refractivity contribution in [2.75, 3.05) is 0 Å². The van der Waals surface area contributed by atoms with Crippen molar-refractivity contribution in [3.05, 3.63) is 119 Å². The minimum Gasteiger partial charge on any atom is -0.203 e. The Bertz CT molecular complexity index is 1350. The number of halogens is 3. The molecule has 0 aliphatic carbocycles. The number of hydrogen-bond donors (Lipinski definition) is 0. The lowest BCUT2D eigenvalue weighted by Crippen LogP contribution is -2.15. The molecule has 0 radical (unpaired) electrons. The van der Waals surface area contributed by atoms with Crippen LogP contribution in [0.1, 0.15) is 22.3 Å². The molecule has 0 aromatic heterocycles. The van der Waals surface area contributed by atoms with E-state index in [-0.39, 0.29) is 0 Å². The van der Waals surface area contributed by atoms with Gasteiger partial charge in [-0.15, -0.1) is 0 Å². The van der Waals surface area contributed by atoms with Crippen molar-refractivity contribution in [2.45, 2.75) is 46.5 Å².